The van der Waals surface area contributed by atoms with E-state index < -0.39 is 10.1 Å². The van der Waals surface area contributed by atoms with Crippen LogP contribution in [0.25, 0.3) is 0 Å². The van der Waals surface area contributed by atoms with Gasteiger partial charge in [0.15, 0.2) is 5.03 Å². The molecule has 2 N–H and O–H groups in total. The van der Waals surface area contributed by atoms with Gasteiger partial charge in [-0.25, -0.2) is 4.98 Å². The quantitative estimate of drug-likeness (QED) is 0.817. The van der Waals surface area contributed by atoms with Gasteiger partial charge in [-0.3, -0.25) is 4.55 Å². The molecule has 2 heterocycles. The number of rotatable bonds is 2. The predicted octanol–water partition coefficient (Wildman–Crippen LogP) is 2.20. The first kappa shape index (κ1) is 17.4. The second-order valence-electron chi connectivity index (χ2n) is 6.28. The Balaban J connectivity index is 0.00000200. The van der Waals surface area contributed by atoms with Crippen LogP contribution in [0.3, 0.4) is 0 Å². The highest BCUT2D eigenvalue weighted by molar-refractivity contribution is 7.85. The van der Waals surface area contributed by atoms with Crippen molar-refractivity contribution >= 4 is 22.5 Å². The largest absolute Gasteiger partial charge is 0.312 e. The molecule has 0 amide bonds. The number of aromatic nitrogens is 1. The lowest BCUT2D eigenvalue weighted by molar-refractivity contribution is 0.295. The summed E-state index contributed by atoms with van der Waals surface area (Å²) in [6.45, 7) is 7.21. The van der Waals surface area contributed by atoms with Gasteiger partial charge in [0, 0.05) is 24.7 Å². The standard InChI is InChI=1S/C13H20N2O3S.ClH/c1-13(2,3)7-10-6-11-9(8-14-10)4-5-12(15-11)19(16,17)18;/h4-5,10,14H,6-8H2,1-3H3,(H,16,17,18);1H. The summed E-state index contributed by atoms with van der Waals surface area (Å²) in [6.07, 6.45) is 1.68. The molecule has 20 heavy (non-hydrogen) atoms. The van der Waals surface area contributed by atoms with Gasteiger partial charge in [-0.15, -0.1) is 12.4 Å². The molecule has 0 radical (unpaired) electrons. The van der Waals surface area contributed by atoms with E-state index in [1.54, 1.807) is 6.07 Å². The highest BCUT2D eigenvalue weighted by Gasteiger charge is 2.25. The summed E-state index contributed by atoms with van der Waals surface area (Å²) in [5, 5.41) is 3.18. The van der Waals surface area contributed by atoms with Crippen LogP contribution in [0, 0.1) is 5.41 Å². The molecule has 1 unspecified atom stereocenters. The number of nitrogens with zero attached hydrogens (tertiary/aromatic N) is 1. The van der Waals surface area contributed by atoms with Crippen molar-refractivity contribution in [1.29, 1.82) is 0 Å². The van der Waals surface area contributed by atoms with Gasteiger partial charge in [-0.2, -0.15) is 8.42 Å². The average molecular weight is 321 g/mol. The summed E-state index contributed by atoms with van der Waals surface area (Å²) in [5.74, 6) is 0. The van der Waals surface area contributed by atoms with E-state index >= 15 is 0 Å². The molecule has 114 valence electrons. The Labute approximate surface area is 126 Å². The Hall–Kier alpha value is -0.690. The second kappa shape index (κ2) is 5.97. The van der Waals surface area contributed by atoms with Crippen molar-refractivity contribution in [3.63, 3.8) is 0 Å². The molecule has 1 atom stereocenters. The topological polar surface area (TPSA) is 79.3 Å². The molecule has 1 aliphatic rings. The van der Waals surface area contributed by atoms with Gasteiger partial charge in [0.25, 0.3) is 0 Å². The molecule has 1 aliphatic heterocycles. The summed E-state index contributed by atoms with van der Waals surface area (Å²) in [7, 11) is -4.22. The van der Waals surface area contributed by atoms with Crippen LogP contribution in [0.5, 0.6) is 0 Å². The van der Waals surface area contributed by atoms with E-state index in [9.17, 15) is 8.42 Å². The van der Waals surface area contributed by atoms with Gasteiger partial charge in [-0.05, 0) is 23.5 Å². The van der Waals surface area contributed by atoms with Crippen LogP contribution in [0.4, 0.5) is 0 Å². The number of nitrogens with one attached hydrogen (secondary N) is 1. The minimum Gasteiger partial charge on any atom is -0.309 e. The second-order valence-corrected chi connectivity index (χ2v) is 7.65. The summed E-state index contributed by atoms with van der Waals surface area (Å²) < 4.78 is 31.2. The maximum atomic E-state index is 11.1. The lowest BCUT2D eigenvalue weighted by Gasteiger charge is -2.30. The van der Waals surface area contributed by atoms with Gasteiger partial charge in [0.1, 0.15) is 0 Å². The van der Waals surface area contributed by atoms with E-state index in [0.29, 0.717) is 13.0 Å². The molecule has 0 aliphatic carbocycles. The zero-order valence-electron chi connectivity index (χ0n) is 11.9. The molecule has 0 saturated heterocycles. The first-order valence-corrected chi connectivity index (χ1v) is 7.79. The molecule has 1 aromatic heterocycles. The van der Waals surface area contributed by atoms with Crippen molar-refractivity contribution in [1.82, 2.24) is 10.3 Å². The number of pyridine rings is 1. The van der Waals surface area contributed by atoms with E-state index in [2.05, 4.69) is 31.1 Å². The summed E-state index contributed by atoms with van der Waals surface area (Å²) in [5.41, 5.74) is 1.97. The normalized spacial score (nSPS) is 19.1. The van der Waals surface area contributed by atoms with E-state index in [1.165, 1.54) is 6.07 Å². The van der Waals surface area contributed by atoms with E-state index in [-0.39, 0.29) is 28.9 Å². The smallest absolute Gasteiger partial charge is 0.309 e. The molecule has 0 bridgehead atoms. The van der Waals surface area contributed by atoms with Crippen LogP contribution in [0.1, 0.15) is 38.4 Å². The predicted molar refractivity (Wildman–Crippen MR) is 79.7 cm³/mol. The molecule has 0 fully saturated rings. The Bertz CT molecular complexity index is 582. The zero-order chi connectivity index (χ0) is 14.3. The van der Waals surface area contributed by atoms with Crippen molar-refractivity contribution in [2.45, 2.75) is 51.2 Å². The number of halogens is 1. The van der Waals surface area contributed by atoms with Gasteiger partial charge in [-0.1, -0.05) is 26.8 Å². The number of hydrogen-bond acceptors (Lipinski definition) is 4. The maximum absolute atomic E-state index is 11.1. The molecule has 7 heteroatoms. The van der Waals surface area contributed by atoms with Gasteiger partial charge in [0.05, 0.1) is 0 Å². The SMILES string of the molecule is CC(C)(C)CC1Cc2nc(S(=O)(=O)O)ccc2CN1.Cl. The molecule has 2 rings (SSSR count). The number of hydrogen-bond donors (Lipinski definition) is 2. The Kier molecular flexibility index (Phi) is 5.18. The van der Waals surface area contributed by atoms with Crippen LogP contribution in [-0.4, -0.2) is 24.0 Å². The fraction of sp³-hybridized carbons (Fsp3) is 0.615. The summed E-state index contributed by atoms with van der Waals surface area (Å²) in [4.78, 5) is 4.09. The fourth-order valence-electron chi connectivity index (χ4n) is 2.43. The van der Waals surface area contributed by atoms with Crippen LogP contribution in [-0.2, 0) is 23.1 Å². The van der Waals surface area contributed by atoms with Crippen molar-refractivity contribution in [2.75, 3.05) is 0 Å². The highest BCUT2D eigenvalue weighted by atomic mass is 35.5. The van der Waals surface area contributed by atoms with Crippen molar-refractivity contribution in [3.8, 4) is 0 Å². The third kappa shape index (κ3) is 4.41. The first-order chi connectivity index (χ1) is 8.65. The van der Waals surface area contributed by atoms with Crippen LogP contribution in [0.2, 0.25) is 0 Å². The third-order valence-corrected chi connectivity index (χ3v) is 3.94. The van der Waals surface area contributed by atoms with E-state index in [0.717, 1.165) is 17.7 Å². The molecular formula is C13H21ClN2O3S. The minimum absolute atomic E-state index is 0. The summed E-state index contributed by atoms with van der Waals surface area (Å²) >= 11 is 0. The lowest BCUT2D eigenvalue weighted by Crippen LogP contribution is -2.38. The van der Waals surface area contributed by atoms with Crippen LogP contribution >= 0.6 is 12.4 Å². The lowest BCUT2D eigenvalue weighted by atomic mass is 9.85. The van der Waals surface area contributed by atoms with E-state index in [1.807, 2.05) is 0 Å². The third-order valence-electron chi connectivity index (χ3n) is 3.19. The molecule has 0 saturated carbocycles. The Morgan fingerprint density at radius 3 is 2.60 bits per heavy atom. The van der Waals surface area contributed by atoms with E-state index in [4.69, 9.17) is 4.55 Å². The van der Waals surface area contributed by atoms with Gasteiger partial charge in [0.2, 0.25) is 0 Å². The van der Waals surface area contributed by atoms with Gasteiger partial charge >= 0.3 is 10.1 Å². The molecule has 0 aromatic carbocycles. The van der Waals surface area contributed by atoms with Crippen LogP contribution < -0.4 is 5.32 Å². The van der Waals surface area contributed by atoms with Crippen molar-refractivity contribution < 1.29 is 13.0 Å². The van der Waals surface area contributed by atoms with Crippen molar-refractivity contribution in [3.05, 3.63) is 23.4 Å². The minimum atomic E-state index is -4.22. The van der Waals surface area contributed by atoms with Gasteiger partial charge < -0.3 is 5.32 Å². The van der Waals surface area contributed by atoms with Crippen LogP contribution in [0.15, 0.2) is 17.2 Å². The highest BCUT2D eigenvalue weighted by Crippen LogP contribution is 2.26. The molecular weight excluding hydrogens is 300 g/mol. The fourth-order valence-corrected chi connectivity index (χ4v) is 2.90. The zero-order valence-corrected chi connectivity index (χ0v) is 13.5. The van der Waals surface area contributed by atoms with Crippen molar-refractivity contribution in [2.24, 2.45) is 5.41 Å². The molecule has 1 aromatic rings. The Morgan fingerprint density at radius 1 is 1.40 bits per heavy atom. The molecule has 5 nitrogen and oxygen atoms in total. The first-order valence-electron chi connectivity index (χ1n) is 6.35. The summed E-state index contributed by atoms with van der Waals surface area (Å²) in [6, 6.07) is 3.35. The average Bonchev–Trinajstić information content (AvgIpc) is 2.24. The monoisotopic (exact) mass is 320 g/mol. The Morgan fingerprint density at radius 2 is 2.05 bits per heavy atom. The maximum Gasteiger partial charge on any atom is 0.312 e. The number of fused-ring (bicyclic) bond motifs is 1. The molecule has 0 spiro atoms.